The third kappa shape index (κ3) is 3.25. The largest absolute Gasteiger partial charge is 0.496 e. The molecule has 1 aromatic carbocycles. The summed E-state index contributed by atoms with van der Waals surface area (Å²) in [6.07, 6.45) is 0.534. The van der Waals surface area contributed by atoms with Gasteiger partial charge in [0, 0.05) is 32.2 Å². The molecule has 0 aromatic heterocycles. The predicted octanol–water partition coefficient (Wildman–Crippen LogP) is 1.86. The molecule has 0 unspecified atom stereocenters. The fraction of sp³-hybridized carbons (Fsp3) is 0.533. The Labute approximate surface area is 115 Å². The maximum Gasteiger partial charge on any atom is 0.121 e. The van der Waals surface area contributed by atoms with Crippen LogP contribution in [0.25, 0.3) is 0 Å². The van der Waals surface area contributed by atoms with Gasteiger partial charge in [-0.3, -0.25) is 4.90 Å². The number of nitrogens with one attached hydrogen (secondary N) is 1. The first-order chi connectivity index (χ1) is 9.26. The molecule has 1 aliphatic heterocycles. The maximum atomic E-state index is 9.08. The highest BCUT2D eigenvalue weighted by Crippen LogP contribution is 2.28. The number of benzene rings is 1. The van der Waals surface area contributed by atoms with Gasteiger partial charge in [-0.25, -0.2) is 0 Å². The molecule has 0 aliphatic carbocycles. The van der Waals surface area contributed by atoms with Crippen LogP contribution in [0.5, 0.6) is 5.75 Å². The van der Waals surface area contributed by atoms with Crippen LogP contribution in [0.4, 0.5) is 0 Å². The summed E-state index contributed by atoms with van der Waals surface area (Å²) in [6, 6.07) is 8.73. The molecule has 0 saturated carbocycles. The number of hydrogen-bond acceptors (Lipinski definition) is 4. The summed E-state index contributed by atoms with van der Waals surface area (Å²) in [5.41, 5.74) is 2.33. The number of rotatable bonds is 4. The molecule has 1 saturated heterocycles. The molecule has 0 radical (unpaired) electrons. The lowest BCUT2D eigenvalue weighted by molar-refractivity contribution is 0.175. The van der Waals surface area contributed by atoms with Crippen molar-refractivity contribution >= 4 is 0 Å². The Morgan fingerprint density at radius 1 is 1.42 bits per heavy atom. The summed E-state index contributed by atoms with van der Waals surface area (Å²) < 4.78 is 5.30. The highest BCUT2D eigenvalue weighted by Gasteiger charge is 2.22. The topological polar surface area (TPSA) is 48.3 Å². The first-order valence-corrected chi connectivity index (χ1v) is 6.72. The van der Waals surface area contributed by atoms with Crippen LogP contribution >= 0.6 is 0 Å². The summed E-state index contributed by atoms with van der Waals surface area (Å²) in [5, 5.41) is 12.4. The van der Waals surface area contributed by atoms with Crippen LogP contribution in [0.3, 0.4) is 0 Å². The lowest BCUT2D eigenvalue weighted by Gasteiger charge is -2.34. The molecule has 1 heterocycles. The van der Waals surface area contributed by atoms with E-state index in [4.69, 9.17) is 10.00 Å². The molecule has 2 rings (SSSR count). The third-order valence-electron chi connectivity index (χ3n) is 3.68. The van der Waals surface area contributed by atoms with Crippen LogP contribution in [0.15, 0.2) is 18.2 Å². The molecule has 4 nitrogen and oxygen atoms in total. The van der Waals surface area contributed by atoms with E-state index in [9.17, 15) is 0 Å². The van der Waals surface area contributed by atoms with E-state index in [1.54, 1.807) is 7.11 Å². The Bertz CT molecular complexity index is 461. The molecular weight excluding hydrogens is 238 g/mol. The van der Waals surface area contributed by atoms with Gasteiger partial charge in [0.25, 0.3) is 0 Å². The summed E-state index contributed by atoms with van der Waals surface area (Å²) >= 11 is 0. The van der Waals surface area contributed by atoms with Crippen LogP contribution in [0.1, 0.15) is 23.6 Å². The van der Waals surface area contributed by atoms with Gasteiger partial charge in [0.2, 0.25) is 0 Å². The van der Waals surface area contributed by atoms with Gasteiger partial charge in [-0.15, -0.1) is 0 Å². The van der Waals surface area contributed by atoms with Gasteiger partial charge >= 0.3 is 0 Å². The third-order valence-corrected chi connectivity index (χ3v) is 3.68. The van der Waals surface area contributed by atoms with Crippen molar-refractivity contribution in [3.8, 4) is 11.8 Å². The van der Waals surface area contributed by atoms with Gasteiger partial charge < -0.3 is 10.1 Å². The molecule has 1 N–H and O–H groups in total. The Morgan fingerprint density at radius 3 is 2.74 bits per heavy atom. The lowest BCUT2D eigenvalue weighted by Crippen LogP contribution is -2.45. The van der Waals surface area contributed by atoms with E-state index in [2.05, 4.69) is 28.4 Å². The van der Waals surface area contributed by atoms with Gasteiger partial charge in [-0.1, -0.05) is 12.1 Å². The molecule has 102 valence electrons. The van der Waals surface area contributed by atoms with Gasteiger partial charge in [0.1, 0.15) is 5.75 Å². The van der Waals surface area contributed by atoms with Crippen molar-refractivity contribution in [1.82, 2.24) is 10.2 Å². The highest BCUT2D eigenvalue weighted by molar-refractivity contribution is 5.37. The number of ether oxygens (including phenoxy) is 1. The number of methoxy groups -OCH3 is 1. The summed E-state index contributed by atoms with van der Waals surface area (Å²) in [7, 11) is 1.69. The van der Waals surface area contributed by atoms with Crippen molar-refractivity contribution in [3.05, 3.63) is 29.3 Å². The Balaban J connectivity index is 2.23. The summed E-state index contributed by atoms with van der Waals surface area (Å²) in [5.74, 6) is 0.903. The normalized spacial score (nSPS) is 17.7. The van der Waals surface area contributed by atoms with Gasteiger partial charge in [0.15, 0.2) is 0 Å². The van der Waals surface area contributed by atoms with E-state index < -0.39 is 0 Å². The average Bonchev–Trinajstić information content (AvgIpc) is 2.45. The molecule has 19 heavy (non-hydrogen) atoms. The van der Waals surface area contributed by atoms with Crippen LogP contribution in [-0.2, 0) is 0 Å². The minimum atomic E-state index is 0.191. The Kier molecular flexibility index (Phi) is 4.78. The minimum absolute atomic E-state index is 0.191. The first-order valence-electron chi connectivity index (χ1n) is 6.72. The first kappa shape index (κ1) is 13.9. The SMILES string of the molecule is COc1ccc([C@@H](CC#N)N2CCNCC2)cc1C. The van der Waals surface area contributed by atoms with E-state index in [1.165, 1.54) is 5.56 Å². The van der Waals surface area contributed by atoms with Crippen LogP contribution in [0.2, 0.25) is 0 Å². The standard InChI is InChI=1S/C15H21N3O/c1-12-11-13(3-4-15(12)19-2)14(5-6-16)18-9-7-17-8-10-18/h3-4,11,14,17H,5,7-10H2,1-2H3/t14-/m1/s1. The quantitative estimate of drug-likeness (QED) is 0.896. The second-order valence-electron chi connectivity index (χ2n) is 4.89. The highest BCUT2D eigenvalue weighted by atomic mass is 16.5. The smallest absolute Gasteiger partial charge is 0.121 e. The molecule has 0 bridgehead atoms. The Hall–Kier alpha value is -1.57. The molecule has 1 aromatic rings. The van der Waals surface area contributed by atoms with Crippen molar-refractivity contribution in [3.63, 3.8) is 0 Å². The molecular formula is C15H21N3O. The Morgan fingerprint density at radius 2 is 2.16 bits per heavy atom. The molecule has 0 spiro atoms. The van der Waals surface area contributed by atoms with Gasteiger partial charge in [0.05, 0.1) is 19.6 Å². The van der Waals surface area contributed by atoms with Crippen molar-refractivity contribution in [2.45, 2.75) is 19.4 Å². The van der Waals surface area contributed by atoms with Crippen molar-refractivity contribution in [1.29, 1.82) is 5.26 Å². The van der Waals surface area contributed by atoms with E-state index >= 15 is 0 Å². The van der Waals surface area contributed by atoms with Gasteiger partial charge in [-0.2, -0.15) is 5.26 Å². The number of nitrogens with zero attached hydrogens (tertiary/aromatic N) is 2. The zero-order chi connectivity index (χ0) is 13.7. The second kappa shape index (κ2) is 6.55. The molecule has 4 heteroatoms. The molecule has 0 amide bonds. The minimum Gasteiger partial charge on any atom is -0.496 e. The summed E-state index contributed by atoms with van der Waals surface area (Å²) in [6.45, 7) is 6.03. The summed E-state index contributed by atoms with van der Waals surface area (Å²) in [4.78, 5) is 2.39. The number of nitriles is 1. The fourth-order valence-electron chi connectivity index (χ4n) is 2.65. The average molecular weight is 259 g/mol. The number of aryl methyl sites for hydroxylation is 1. The van der Waals surface area contributed by atoms with Crippen LogP contribution < -0.4 is 10.1 Å². The fourth-order valence-corrected chi connectivity index (χ4v) is 2.65. The monoisotopic (exact) mass is 259 g/mol. The lowest BCUT2D eigenvalue weighted by atomic mass is 9.99. The molecule has 1 fully saturated rings. The molecule has 1 atom stereocenters. The van der Waals surface area contributed by atoms with Crippen molar-refractivity contribution < 1.29 is 4.74 Å². The van der Waals surface area contributed by atoms with Crippen molar-refractivity contribution in [2.75, 3.05) is 33.3 Å². The van der Waals surface area contributed by atoms with Crippen molar-refractivity contribution in [2.24, 2.45) is 0 Å². The van der Waals surface area contributed by atoms with E-state index in [0.717, 1.165) is 37.5 Å². The maximum absolute atomic E-state index is 9.08. The predicted molar refractivity (Wildman–Crippen MR) is 75.1 cm³/mol. The zero-order valence-corrected chi connectivity index (χ0v) is 11.6. The van der Waals surface area contributed by atoms with E-state index in [0.29, 0.717) is 6.42 Å². The van der Waals surface area contributed by atoms with E-state index in [1.807, 2.05) is 13.0 Å². The number of hydrogen-bond donors (Lipinski definition) is 1. The van der Waals surface area contributed by atoms with Crippen LogP contribution in [-0.4, -0.2) is 38.2 Å². The van der Waals surface area contributed by atoms with E-state index in [-0.39, 0.29) is 6.04 Å². The second-order valence-corrected chi connectivity index (χ2v) is 4.89. The van der Waals surface area contributed by atoms with Crippen LogP contribution in [0, 0.1) is 18.3 Å². The van der Waals surface area contributed by atoms with Gasteiger partial charge in [-0.05, 0) is 24.1 Å². The number of piperazine rings is 1. The zero-order valence-electron chi connectivity index (χ0n) is 11.6. The molecule has 1 aliphatic rings.